The molecule has 1 unspecified atom stereocenters. The van der Waals surface area contributed by atoms with Gasteiger partial charge in [-0.2, -0.15) is 0 Å². The molecule has 6 nitrogen and oxygen atoms in total. The van der Waals surface area contributed by atoms with Crippen LogP contribution in [-0.2, 0) is 5.54 Å². The Bertz CT molecular complexity index is 567. The van der Waals surface area contributed by atoms with Crippen molar-refractivity contribution in [3.63, 3.8) is 0 Å². The second kappa shape index (κ2) is 5.30. The molecular formula is C14H19N5O. The van der Waals surface area contributed by atoms with Crippen LogP contribution in [0.4, 0.5) is 0 Å². The van der Waals surface area contributed by atoms with Crippen molar-refractivity contribution in [3.05, 3.63) is 36.2 Å². The monoisotopic (exact) mass is 273 g/mol. The Balaban J connectivity index is 1.84. The van der Waals surface area contributed by atoms with Gasteiger partial charge in [-0.15, -0.1) is 5.10 Å². The first-order chi connectivity index (χ1) is 9.71. The van der Waals surface area contributed by atoms with E-state index < -0.39 is 5.54 Å². The average Bonchev–Trinajstić information content (AvgIpc) is 3.16. The number of aliphatic hydroxyl groups excluding tert-OH is 1. The van der Waals surface area contributed by atoms with Crippen LogP contribution in [0.3, 0.4) is 0 Å². The summed E-state index contributed by atoms with van der Waals surface area (Å²) in [7, 11) is 0. The Labute approximate surface area is 117 Å². The van der Waals surface area contributed by atoms with Crippen molar-refractivity contribution in [2.24, 2.45) is 5.92 Å². The van der Waals surface area contributed by atoms with E-state index in [0.29, 0.717) is 0 Å². The molecule has 2 aromatic rings. The number of tetrazole rings is 1. The van der Waals surface area contributed by atoms with Gasteiger partial charge in [-0.25, -0.2) is 4.68 Å². The van der Waals surface area contributed by atoms with E-state index in [1.165, 1.54) is 12.8 Å². The first-order valence-electron chi connectivity index (χ1n) is 6.91. The van der Waals surface area contributed by atoms with Crippen LogP contribution in [0.25, 0.3) is 5.69 Å². The Kier molecular flexibility index (Phi) is 3.50. The quantitative estimate of drug-likeness (QED) is 0.816. The fraction of sp³-hybridized carbons (Fsp3) is 0.500. The van der Waals surface area contributed by atoms with Crippen molar-refractivity contribution in [1.82, 2.24) is 25.5 Å². The number of rotatable bonds is 6. The first kappa shape index (κ1) is 13.2. The summed E-state index contributed by atoms with van der Waals surface area (Å²) in [5.74, 6) is 0.767. The van der Waals surface area contributed by atoms with Crippen LogP contribution in [0, 0.1) is 5.92 Å². The number of benzene rings is 1. The second-order valence-corrected chi connectivity index (χ2v) is 5.62. The zero-order valence-electron chi connectivity index (χ0n) is 11.5. The number of aliphatic hydroxyl groups is 1. The zero-order chi connectivity index (χ0) is 14.0. The Morgan fingerprint density at radius 1 is 1.45 bits per heavy atom. The fourth-order valence-corrected chi connectivity index (χ4v) is 2.21. The molecule has 2 N–H and O–H groups in total. The van der Waals surface area contributed by atoms with Gasteiger partial charge < -0.3 is 10.4 Å². The molecule has 0 spiro atoms. The van der Waals surface area contributed by atoms with Gasteiger partial charge in [0.1, 0.15) is 6.33 Å². The lowest BCUT2D eigenvalue weighted by atomic mass is 9.92. The minimum Gasteiger partial charge on any atom is -0.394 e. The number of nitrogens with zero attached hydrogens (tertiary/aromatic N) is 4. The molecule has 0 amide bonds. The summed E-state index contributed by atoms with van der Waals surface area (Å²) in [4.78, 5) is 0. The third kappa shape index (κ3) is 2.71. The van der Waals surface area contributed by atoms with E-state index in [-0.39, 0.29) is 6.61 Å². The van der Waals surface area contributed by atoms with Gasteiger partial charge in [0, 0.05) is 0 Å². The number of hydrogen-bond acceptors (Lipinski definition) is 5. The van der Waals surface area contributed by atoms with Gasteiger partial charge in [0.25, 0.3) is 0 Å². The lowest BCUT2D eigenvalue weighted by Gasteiger charge is -2.30. The summed E-state index contributed by atoms with van der Waals surface area (Å²) in [6.07, 6.45) is 4.14. The summed E-state index contributed by atoms with van der Waals surface area (Å²) >= 11 is 0. The number of aromatic nitrogens is 4. The largest absolute Gasteiger partial charge is 0.394 e. The third-order valence-corrected chi connectivity index (χ3v) is 3.89. The average molecular weight is 273 g/mol. The summed E-state index contributed by atoms with van der Waals surface area (Å²) < 4.78 is 1.61. The molecule has 0 bridgehead atoms. The Morgan fingerprint density at radius 2 is 2.30 bits per heavy atom. The van der Waals surface area contributed by atoms with E-state index in [2.05, 4.69) is 20.8 Å². The van der Waals surface area contributed by atoms with Crippen molar-refractivity contribution in [1.29, 1.82) is 0 Å². The molecule has 1 heterocycles. The van der Waals surface area contributed by atoms with E-state index in [0.717, 1.165) is 23.7 Å². The number of nitrogens with one attached hydrogen (secondary N) is 1. The highest BCUT2D eigenvalue weighted by atomic mass is 16.3. The van der Waals surface area contributed by atoms with E-state index in [1.807, 2.05) is 31.2 Å². The highest BCUT2D eigenvalue weighted by molar-refractivity contribution is 5.37. The molecule has 1 aliphatic carbocycles. The van der Waals surface area contributed by atoms with Gasteiger partial charge in [-0.3, -0.25) is 0 Å². The van der Waals surface area contributed by atoms with Gasteiger partial charge in [-0.05, 0) is 60.4 Å². The van der Waals surface area contributed by atoms with Crippen LogP contribution >= 0.6 is 0 Å². The van der Waals surface area contributed by atoms with E-state index in [1.54, 1.807) is 11.0 Å². The molecule has 1 fully saturated rings. The third-order valence-electron chi connectivity index (χ3n) is 3.89. The zero-order valence-corrected chi connectivity index (χ0v) is 11.5. The van der Waals surface area contributed by atoms with Crippen molar-refractivity contribution in [3.8, 4) is 5.69 Å². The van der Waals surface area contributed by atoms with Crippen molar-refractivity contribution in [2.45, 2.75) is 25.3 Å². The molecule has 6 heteroatoms. The van der Waals surface area contributed by atoms with Gasteiger partial charge in [0.2, 0.25) is 0 Å². The molecule has 1 saturated carbocycles. The lowest BCUT2D eigenvalue weighted by molar-refractivity contribution is 0.174. The van der Waals surface area contributed by atoms with Gasteiger partial charge >= 0.3 is 0 Å². The first-order valence-corrected chi connectivity index (χ1v) is 6.91. The minimum atomic E-state index is -0.438. The summed E-state index contributed by atoms with van der Waals surface area (Å²) in [5.41, 5.74) is 1.49. The minimum absolute atomic E-state index is 0.0543. The maximum Gasteiger partial charge on any atom is 0.143 e. The molecular weight excluding hydrogens is 254 g/mol. The summed E-state index contributed by atoms with van der Waals surface area (Å²) in [6, 6.07) is 7.92. The van der Waals surface area contributed by atoms with Gasteiger partial charge in [0.05, 0.1) is 17.8 Å². The van der Waals surface area contributed by atoms with E-state index >= 15 is 0 Å². The number of hydrogen-bond donors (Lipinski definition) is 2. The normalized spacial score (nSPS) is 17.9. The topological polar surface area (TPSA) is 75.9 Å². The lowest BCUT2D eigenvalue weighted by Crippen LogP contribution is -2.43. The van der Waals surface area contributed by atoms with E-state index in [4.69, 9.17) is 0 Å². The van der Waals surface area contributed by atoms with Crippen molar-refractivity contribution >= 4 is 0 Å². The van der Waals surface area contributed by atoms with Crippen LogP contribution in [0.2, 0.25) is 0 Å². The highest BCUT2D eigenvalue weighted by Gasteiger charge is 2.29. The van der Waals surface area contributed by atoms with Crippen LogP contribution in [0.15, 0.2) is 30.6 Å². The highest BCUT2D eigenvalue weighted by Crippen LogP contribution is 2.30. The molecule has 1 aromatic heterocycles. The molecule has 1 atom stereocenters. The molecule has 0 radical (unpaired) electrons. The maximum absolute atomic E-state index is 9.78. The second-order valence-electron chi connectivity index (χ2n) is 5.62. The predicted molar refractivity (Wildman–Crippen MR) is 74.3 cm³/mol. The van der Waals surface area contributed by atoms with Crippen LogP contribution < -0.4 is 5.32 Å². The standard InChI is InChI=1S/C14H19N5O/c1-14(9-20,15-8-11-5-6-11)12-3-2-4-13(7-12)19-10-16-17-18-19/h2-4,7,10-11,15,20H,5-6,8-9H2,1H3. The van der Waals surface area contributed by atoms with Crippen LogP contribution in [0.1, 0.15) is 25.3 Å². The maximum atomic E-state index is 9.78. The van der Waals surface area contributed by atoms with Gasteiger partial charge in [-0.1, -0.05) is 12.1 Å². The van der Waals surface area contributed by atoms with Crippen molar-refractivity contribution < 1.29 is 5.11 Å². The van der Waals surface area contributed by atoms with Crippen LogP contribution in [0.5, 0.6) is 0 Å². The molecule has 1 aliphatic rings. The van der Waals surface area contributed by atoms with E-state index in [9.17, 15) is 5.11 Å². The fourth-order valence-electron chi connectivity index (χ4n) is 2.21. The molecule has 1 aromatic carbocycles. The summed E-state index contributed by atoms with van der Waals surface area (Å²) in [5, 5.41) is 24.5. The summed E-state index contributed by atoms with van der Waals surface area (Å²) in [6.45, 7) is 3.03. The molecule has 106 valence electrons. The molecule has 20 heavy (non-hydrogen) atoms. The predicted octanol–water partition coefficient (Wildman–Crippen LogP) is 0.869. The van der Waals surface area contributed by atoms with Crippen LogP contribution in [-0.4, -0.2) is 38.5 Å². The Hall–Kier alpha value is -1.79. The molecule has 0 aliphatic heterocycles. The van der Waals surface area contributed by atoms with Crippen molar-refractivity contribution in [2.75, 3.05) is 13.2 Å². The van der Waals surface area contributed by atoms with Gasteiger partial charge in [0.15, 0.2) is 0 Å². The molecule has 0 saturated heterocycles. The Morgan fingerprint density at radius 3 is 2.95 bits per heavy atom. The molecule has 3 rings (SSSR count). The smallest absolute Gasteiger partial charge is 0.143 e. The SMILES string of the molecule is CC(CO)(NCC1CC1)c1cccc(-n2cnnn2)c1.